The predicted octanol–water partition coefficient (Wildman–Crippen LogP) is 4.48. The summed E-state index contributed by atoms with van der Waals surface area (Å²) in [6.07, 6.45) is -6.10. The molecule has 3 rings (SSSR count). The van der Waals surface area contributed by atoms with Crippen LogP contribution in [0, 0.1) is 5.82 Å². The van der Waals surface area contributed by atoms with Crippen LogP contribution in [0.4, 0.5) is 22.4 Å². The third-order valence-corrected chi connectivity index (χ3v) is 5.08. The van der Waals surface area contributed by atoms with Gasteiger partial charge in [0.15, 0.2) is 0 Å². The highest BCUT2D eigenvalue weighted by Crippen LogP contribution is 2.37. The fourth-order valence-electron chi connectivity index (χ4n) is 3.77. The summed E-state index contributed by atoms with van der Waals surface area (Å²) in [5, 5.41) is 20.4. The third kappa shape index (κ3) is 4.11. The van der Waals surface area contributed by atoms with E-state index >= 15 is 0 Å². The van der Waals surface area contributed by atoms with Crippen molar-refractivity contribution in [3.8, 4) is 0 Å². The van der Waals surface area contributed by atoms with Crippen LogP contribution >= 0.6 is 0 Å². The molecule has 0 saturated carbocycles. The number of amides is 1. The van der Waals surface area contributed by atoms with Gasteiger partial charge in [-0.1, -0.05) is 30.3 Å². The lowest BCUT2D eigenvalue weighted by Gasteiger charge is -2.33. The Morgan fingerprint density at radius 3 is 2.39 bits per heavy atom. The molecule has 0 radical (unpaired) electrons. The first-order chi connectivity index (χ1) is 13.2. The molecule has 2 unspecified atom stereocenters. The average Bonchev–Trinajstić information content (AvgIpc) is 3.13. The molecule has 1 saturated heterocycles. The van der Waals surface area contributed by atoms with E-state index < -0.39 is 41.7 Å². The van der Waals surface area contributed by atoms with Gasteiger partial charge in [0.2, 0.25) is 0 Å². The minimum atomic E-state index is -4.56. The standard InChI is InChI=1S/C20H19F4NO3/c21-15-8-6-12(7-9-15)17(13-3-1-4-14(11-13)20(22,23)24)18(26)16-5-2-10-25(16)19(27)28/h1,3-4,6-9,11,16-18,26H,2,5,10H2,(H,27,28)/t16-,17?,18?/m1/s1. The Bertz CT molecular complexity index is 838. The van der Waals surface area contributed by atoms with Crippen LogP contribution in [-0.2, 0) is 6.18 Å². The fourth-order valence-corrected chi connectivity index (χ4v) is 3.77. The summed E-state index contributed by atoms with van der Waals surface area (Å²) in [5.41, 5.74) is -0.276. The largest absolute Gasteiger partial charge is 0.465 e. The Balaban J connectivity index is 2.06. The molecule has 2 aromatic rings. The molecule has 2 aromatic carbocycles. The Labute approximate surface area is 159 Å². The molecule has 1 amide bonds. The number of hydrogen-bond donors (Lipinski definition) is 2. The van der Waals surface area contributed by atoms with Crippen molar-refractivity contribution in [1.29, 1.82) is 0 Å². The zero-order valence-corrected chi connectivity index (χ0v) is 14.7. The van der Waals surface area contributed by atoms with Gasteiger partial charge in [-0.25, -0.2) is 9.18 Å². The van der Waals surface area contributed by atoms with E-state index in [2.05, 4.69) is 0 Å². The second-order valence-corrected chi connectivity index (χ2v) is 6.83. The van der Waals surface area contributed by atoms with Crippen LogP contribution < -0.4 is 0 Å². The molecule has 1 aliphatic heterocycles. The maximum atomic E-state index is 13.3. The highest BCUT2D eigenvalue weighted by molar-refractivity contribution is 5.66. The summed E-state index contributed by atoms with van der Waals surface area (Å²) in [7, 11) is 0. The van der Waals surface area contributed by atoms with Gasteiger partial charge in [0.05, 0.1) is 17.7 Å². The number of rotatable bonds is 4. The average molecular weight is 397 g/mol. The van der Waals surface area contributed by atoms with Crippen molar-refractivity contribution in [2.24, 2.45) is 0 Å². The molecule has 0 aromatic heterocycles. The Morgan fingerprint density at radius 1 is 1.11 bits per heavy atom. The second kappa shape index (κ2) is 7.79. The number of aliphatic hydroxyl groups is 1. The number of aliphatic hydroxyl groups excluding tert-OH is 1. The number of benzene rings is 2. The molecule has 0 spiro atoms. The number of carbonyl (C=O) groups is 1. The Morgan fingerprint density at radius 2 is 1.79 bits per heavy atom. The van der Waals surface area contributed by atoms with Gasteiger partial charge in [-0.2, -0.15) is 13.2 Å². The summed E-state index contributed by atoms with van der Waals surface area (Å²) >= 11 is 0. The summed E-state index contributed by atoms with van der Waals surface area (Å²) in [5.74, 6) is -1.46. The lowest BCUT2D eigenvalue weighted by atomic mass is 9.82. The monoisotopic (exact) mass is 397 g/mol. The van der Waals surface area contributed by atoms with Crippen LogP contribution in [0.15, 0.2) is 48.5 Å². The second-order valence-electron chi connectivity index (χ2n) is 6.83. The number of carboxylic acid groups (broad SMARTS) is 1. The van der Waals surface area contributed by atoms with E-state index in [1.165, 1.54) is 24.3 Å². The number of hydrogen-bond acceptors (Lipinski definition) is 2. The Kier molecular flexibility index (Phi) is 5.60. The fraction of sp³-hybridized carbons (Fsp3) is 0.350. The van der Waals surface area contributed by atoms with Gasteiger partial charge in [-0.3, -0.25) is 0 Å². The van der Waals surface area contributed by atoms with Gasteiger partial charge in [0.1, 0.15) is 5.82 Å². The van der Waals surface area contributed by atoms with E-state index in [-0.39, 0.29) is 12.1 Å². The highest BCUT2D eigenvalue weighted by atomic mass is 19.4. The van der Waals surface area contributed by atoms with Crippen LogP contribution in [0.25, 0.3) is 0 Å². The summed E-state index contributed by atoms with van der Waals surface area (Å²) < 4.78 is 52.8. The van der Waals surface area contributed by atoms with Crippen molar-refractivity contribution in [1.82, 2.24) is 4.90 Å². The van der Waals surface area contributed by atoms with E-state index in [4.69, 9.17) is 0 Å². The van der Waals surface area contributed by atoms with Gasteiger partial charge < -0.3 is 15.1 Å². The summed E-state index contributed by atoms with van der Waals surface area (Å²) in [4.78, 5) is 12.6. The van der Waals surface area contributed by atoms with E-state index in [1.54, 1.807) is 0 Å². The molecule has 1 heterocycles. The van der Waals surface area contributed by atoms with Gasteiger partial charge in [-0.15, -0.1) is 0 Å². The molecule has 0 aliphatic carbocycles. The van der Waals surface area contributed by atoms with Crippen molar-refractivity contribution in [2.75, 3.05) is 6.54 Å². The minimum Gasteiger partial charge on any atom is -0.465 e. The van der Waals surface area contributed by atoms with E-state index in [1.807, 2.05) is 0 Å². The number of likely N-dealkylation sites (tertiary alicyclic amines) is 1. The quantitative estimate of drug-likeness (QED) is 0.748. The lowest BCUT2D eigenvalue weighted by Crippen LogP contribution is -2.44. The van der Waals surface area contributed by atoms with E-state index in [0.717, 1.165) is 29.2 Å². The van der Waals surface area contributed by atoms with E-state index in [0.29, 0.717) is 18.4 Å². The first-order valence-electron chi connectivity index (χ1n) is 8.78. The van der Waals surface area contributed by atoms with Crippen LogP contribution in [0.3, 0.4) is 0 Å². The molecule has 150 valence electrons. The molecule has 28 heavy (non-hydrogen) atoms. The zero-order valence-electron chi connectivity index (χ0n) is 14.7. The molecular weight excluding hydrogens is 378 g/mol. The third-order valence-electron chi connectivity index (χ3n) is 5.08. The van der Waals surface area contributed by atoms with Crippen molar-refractivity contribution in [2.45, 2.75) is 37.1 Å². The zero-order chi connectivity index (χ0) is 20.5. The SMILES string of the molecule is O=C(O)N1CCC[C@@H]1C(O)C(c1ccc(F)cc1)c1cccc(C(F)(F)F)c1. The van der Waals surface area contributed by atoms with Crippen molar-refractivity contribution in [3.63, 3.8) is 0 Å². The smallest absolute Gasteiger partial charge is 0.416 e. The number of halogens is 4. The van der Waals surface area contributed by atoms with Gasteiger partial charge >= 0.3 is 12.3 Å². The van der Waals surface area contributed by atoms with Crippen LogP contribution in [-0.4, -0.2) is 39.9 Å². The first kappa shape index (κ1) is 20.1. The molecule has 2 N–H and O–H groups in total. The normalized spacial score (nSPS) is 19.5. The molecule has 3 atom stereocenters. The first-order valence-corrected chi connectivity index (χ1v) is 8.78. The minimum absolute atomic E-state index is 0.186. The summed E-state index contributed by atoms with van der Waals surface area (Å²) in [6.45, 7) is 0.246. The van der Waals surface area contributed by atoms with Crippen LogP contribution in [0.5, 0.6) is 0 Å². The van der Waals surface area contributed by atoms with Crippen LogP contribution in [0.1, 0.15) is 35.4 Å². The maximum absolute atomic E-state index is 13.3. The highest BCUT2D eigenvalue weighted by Gasteiger charge is 2.39. The van der Waals surface area contributed by atoms with E-state index in [9.17, 15) is 32.6 Å². The Hall–Kier alpha value is -2.61. The van der Waals surface area contributed by atoms with Gasteiger partial charge in [0, 0.05) is 12.5 Å². The van der Waals surface area contributed by atoms with Gasteiger partial charge in [0.25, 0.3) is 0 Å². The van der Waals surface area contributed by atoms with Gasteiger partial charge in [-0.05, 0) is 42.2 Å². The molecule has 1 fully saturated rings. The van der Waals surface area contributed by atoms with Crippen LogP contribution in [0.2, 0.25) is 0 Å². The van der Waals surface area contributed by atoms with Crippen molar-refractivity contribution in [3.05, 3.63) is 71.0 Å². The maximum Gasteiger partial charge on any atom is 0.416 e. The number of alkyl halides is 3. The lowest BCUT2D eigenvalue weighted by molar-refractivity contribution is -0.137. The van der Waals surface area contributed by atoms with Crippen molar-refractivity contribution < 1.29 is 32.6 Å². The molecule has 4 nitrogen and oxygen atoms in total. The summed E-state index contributed by atoms with van der Waals surface area (Å²) in [6, 6.07) is 8.90. The molecular formula is C20H19F4NO3. The molecule has 8 heteroatoms. The van der Waals surface area contributed by atoms with Crippen molar-refractivity contribution >= 4 is 6.09 Å². The molecule has 0 bridgehead atoms. The predicted molar refractivity (Wildman–Crippen MR) is 93.4 cm³/mol. The molecule has 1 aliphatic rings. The number of nitrogens with zero attached hydrogens (tertiary/aromatic N) is 1. The topological polar surface area (TPSA) is 60.8 Å².